The van der Waals surface area contributed by atoms with Gasteiger partial charge < -0.3 is 20.1 Å². The van der Waals surface area contributed by atoms with Crippen molar-refractivity contribution in [1.82, 2.24) is 0 Å². The third-order valence-electron chi connectivity index (χ3n) is 3.50. The molecule has 0 spiro atoms. The van der Waals surface area contributed by atoms with Crippen LogP contribution in [0.1, 0.15) is 11.6 Å². The van der Waals surface area contributed by atoms with Gasteiger partial charge in [-0.25, -0.2) is 0 Å². The van der Waals surface area contributed by atoms with Gasteiger partial charge in [0.25, 0.3) is 0 Å². The number of benzene rings is 2. The first-order chi connectivity index (χ1) is 10.2. The van der Waals surface area contributed by atoms with Crippen LogP contribution in [0.25, 0.3) is 0 Å². The number of nitrogens with two attached hydrogens (primary N) is 1. The Labute approximate surface area is 126 Å². The van der Waals surface area contributed by atoms with Gasteiger partial charge >= 0.3 is 0 Å². The molecule has 0 saturated heterocycles. The van der Waals surface area contributed by atoms with Gasteiger partial charge in [-0.1, -0.05) is 24.3 Å². The van der Waals surface area contributed by atoms with Gasteiger partial charge in [0.05, 0.1) is 14.2 Å². The molecule has 1 atom stereocenters. The molecule has 0 amide bonds. The quantitative estimate of drug-likeness (QED) is 0.887. The average Bonchev–Trinajstić information content (AvgIpc) is 2.54. The number of methoxy groups -OCH3 is 2. The van der Waals surface area contributed by atoms with E-state index in [2.05, 4.69) is 17.0 Å². The van der Waals surface area contributed by atoms with Crippen LogP contribution in [0.4, 0.5) is 5.69 Å². The van der Waals surface area contributed by atoms with Crippen LogP contribution in [0, 0.1) is 0 Å². The fourth-order valence-corrected chi connectivity index (χ4v) is 2.27. The minimum atomic E-state index is -0.102. The van der Waals surface area contributed by atoms with E-state index in [9.17, 15) is 0 Å². The van der Waals surface area contributed by atoms with Gasteiger partial charge in [0.2, 0.25) is 0 Å². The van der Waals surface area contributed by atoms with Crippen LogP contribution in [-0.4, -0.2) is 27.8 Å². The monoisotopic (exact) mass is 286 g/mol. The van der Waals surface area contributed by atoms with Crippen LogP contribution in [0.15, 0.2) is 48.5 Å². The summed E-state index contributed by atoms with van der Waals surface area (Å²) in [6.45, 7) is 0.722. The first-order valence-electron chi connectivity index (χ1n) is 6.89. The number of anilines is 1. The van der Waals surface area contributed by atoms with Crippen molar-refractivity contribution in [2.45, 2.75) is 6.04 Å². The van der Waals surface area contributed by atoms with Crippen LogP contribution < -0.4 is 20.1 Å². The maximum Gasteiger partial charge on any atom is 0.161 e. The number of ether oxygens (including phenoxy) is 2. The van der Waals surface area contributed by atoms with Gasteiger partial charge in [-0.05, 0) is 29.8 Å². The zero-order valence-corrected chi connectivity index (χ0v) is 12.7. The number of nitrogens with zero attached hydrogens (tertiary/aromatic N) is 1. The van der Waals surface area contributed by atoms with Crippen molar-refractivity contribution in [2.75, 3.05) is 32.7 Å². The van der Waals surface area contributed by atoms with Crippen molar-refractivity contribution in [2.24, 2.45) is 5.73 Å². The van der Waals surface area contributed by atoms with Crippen LogP contribution in [0.3, 0.4) is 0 Å². The highest BCUT2D eigenvalue weighted by atomic mass is 16.5. The van der Waals surface area contributed by atoms with E-state index in [1.807, 2.05) is 43.4 Å². The van der Waals surface area contributed by atoms with Crippen molar-refractivity contribution >= 4 is 5.69 Å². The molecule has 0 heterocycles. The van der Waals surface area contributed by atoms with Gasteiger partial charge in [-0.2, -0.15) is 0 Å². The SMILES string of the molecule is COc1ccc(C(N)CN(C)c2ccccc2)cc1OC. The Balaban J connectivity index is 2.11. The summed E-state index contributed by atoms with van der Waals surface area (Å²) in [7, 11) is 5.29. The molecule has 0 fully saturated rings. The second-order valence-corrected chi connectivity index (χ2v) is 4.94. The maximum absolute atomic E-state index is 6.31. The molecule has 0 saturated carbocycles. The molecule has 2 aromatic carbocycles. The fraction of sp³-hybridized carbons (Fsp3) is 0.294. The lowest BCUT2D eigenvalue weighted by molar-refractivity contribution is 0.354. The molecule has 0 radical (unpaired) electrons. The minimum Gasteiger partial charge on any atom is -0.493 e. The summed E-state index contributed by atoms with van der Waals surface area (Å²) in [6, 6.07) is 15.9. The normalized spacial score (nSPS) is 11.8. The number of likely N-dealkylation sites (N-methyl/N-ethyl adjacent to an activating group) is 1. The zero-order chi connectivity index (χ0) is 15.2. The number of hydrogen-bond donors (Lipinski definition) is 1. The van der Waals surface area contributed by atoms with E-state index in [0.717, 1.165) is 17.8 Å². The lowest BCUT2D eigenvalue weighted by Crippen LogP contribution is -2.28. The molecule has 0 aromatic heterocycles. The van der Waals surface area contributed by atoms with E-state index in [-0.39, 0.29) is 6.04 Å². The number of rotatable bonds is 6. The van der Waals surface area contributed by atoms with Crippen LogP contribution in [-0.2, 0) is 0 Å². The van der Waals surface area contributed by atoms with Gasteiger partial charge in [0, 0.05) is 25.3 Å². The maximum atomic E-state index is 6.31. The van der Waals surface area contributed by atoms with Crippen molar-refractivity contribution in [3.8, 4) is 11.5 Å². The Kier molecular flexibility index (Phi) is 5.06. The topological polar surface area (TPSA) is 47.7 Å². The summed E-state index contributed by atoms with van der Waals surface area (Å²) in [5.74, 6) is 1.41. The van der Waals surface area contributed by atoms with Gasteiger partial charge in [-0.15, -0.1) is 0 Å². The van der Waals surface area contributed by atoms with E-state index in [0.29, 0.717) is 11.5 Å². The second-order valence-electron chi connectivity index (χ2n) is 4.94. The molecule has 2 aromatic rings. The predicted molar refractivity (Wildman–Crippen MR) is 86.2 cm³/mol. The first kappa shape index (κ1) is 15.2. The van der Waals surface area contributed by atoms with Crippen molar-refractivity contribution < 1.29 is 9.47 Å². The van der Waals surface area contributed by atoms with Crippen molar-refractivity contribution in [1.29, 1.82) is 0 Å². The summed E-state index contributed by atoms with van der Waals surface area (Å²) in [5.41, 5.74) is 8.48. The van der Waals surface area contributed by atoms with E-state index in [1.54, 1.807) is 14.2 Å². The summed E-state index contributed by atoms with van der Waals surface area (Å²) < 4.78 is 10.6. The average molecular weight is 286 g/mol. The van der Waals surface area contributed by atoms with Gasteiger partial charge in [0.1, 0.15) is 0 Å². The Morgan fingerprint density at radius 3 is 2.29 bits per heavy atom. The number of hydrogen-bond acceptors (Lipinski definition) is 4. The van der Waals surface area contributed by atoms with Gasteiger partial charge in [-0.3, -0.25) is 0 Å². The van der Waals surface area contributed by atoms with Crippen molar-refractivity contribution in [3.05, 3.63) is 54.1 Å². The van der Waals surface area contributed by atoms with E-state index in [1.165, 1.54) is 0 Å². The van der Waals surface area contributed by atoms with E-state index < -0.39 is 0 Å². The minimum absolute atomic E-state index is 0.102. The molecule has 0 bridgehead atoms. The Morgan fingerprint density at radius 2 is 1.67 bits per heavy atom. The second kappa shape index (κ2) is 6.99. The lowest BCUT2D eigenvalue weighted by atomic mass is 10.1. The highest BCUT2D eigenvalue weighted by molar-refractivity contribution is 5.47. The van der Waals surface area contributed by atoms with Crippen LogP contribution >= 0.6 is 0 Å². The lowest BCUT2D eigenvalue weighted by Gasteiger charge is -2.24. The molecule has 4 heteroatoms. The van der Waals surface area contributed by atoms with Gasteiger partial charge in [0.15, 0.2) is 11.5 Å². The molecule has 21 heavy (non-hydrogen) atoms. The molecule has 0 aliphatic rings. The molecule has 0 aliphatic carbocycles. The largest absolute Gasteiger partial charge is 0.493 e. The molecule has 2 N–H and O–H groups in total. The Morgan fingerprint density at radius 1 is 1.00 bits per heavy atom. The third kappa shape index (κ3) is 3.67. The molecular weight excluding hydrogens is 264 g/mol. The van der Waals surface area contributed by atoms with E-state index in [4.69, 9.17) is 15.2 Å². The van der Waals surface area contributed by atoms with E-state index >= 15 is 0 Å². The summed E-state index contributed by atoms with van der Waals surface area (Å²) in [6.07, 6.45) is 0. The highest BCUT2D eigenvalue weighted by Crippen LogP contribution is 2.29. The predicted octanol–water partition coefficient (Wildman–Crippen LogP) is 2.84. The zero-order valence-electron chi connectivity index (χ0n) is 12.7. The molecule has 1 unspecified atom stereocenters. The summed E-state index contributed by atoms with van der Waals surface area (Å²) in [5, 5.41) is 0. The molecule has 4 nitrogen and oxygen atoms in total. The summed E-state index contributed by atoms with van der Waals surface area (Å²) >= 11 is 0. The highest BCUT2D eigenvalue weighted by Gasteiger charge is 2.13. The molecule has 112 valence electrons. The Hall–Kier alpha value is -2.20. The molecule has 2 rings (SSSR count). The smallest absolute Gasteiger partial charge is 0.161 e. The molecular formula is C17H22N2O2. The summed E-state index contributed by atoms with van der Waals surface area (Å²) in [4.78, 5) is 2.14. The standard InChI is InChI=1S/C17H22N2O2/c1-19(14-7-5-4-6-8-14)12-15(18)13-9-10-16(20-2)17(11-13)21-3/h4-11,15H,12,18H2,1-3H3. The molecule has 0 aliphatic heterocycles. The Bertz CT molecular complexity index is 572. The first-order valence-corrected chi connectivity index (χ1v) is 6.89. The van der Waals surface area contributed by atoms with Crippen LogP contribution in [0.2, 0.25) is 0 Å². The third-order valence-corrected chi connectivity index (χ3v) is 3.50. The number of para-hydroxylation sites is 1. The van der Waals surface area contributed by atoms with Crippen LogP contribution in [0.5, 0.6) is 11.5 Å². The van der Waals surface area contributed by atoms with Crippen molar-refractivity contribution in [3.63, 3.8) is 0 Å². The fourth-order valence-electron chi connectivity index (χ4n) is 2.27.